The zero-order chi connectivity index (χ0) is 32.2. The highest BCUT2D eigenvalue weighted by Crippen LogP contribution is 2.16. The number of ether oxygens (including phenoxy) is 2. The summed E-state index contributed by atoms with van der Waals surface area (Å²) in [5.41, 5.74) is 2.67. The molecule has 0 saturated carbocycles. The van der Waals surface area contributed by atoms with Crippen LogP contribution in [0.4, 0.5) is 9.59 Å². The van der Waals surface area contributed by atoms with E-state index in [1.807, 2.05) is 52.0 Å². The number of hydrogen-bond donors (Lipinski definition) is 0. The van der Waals surface area contributed by atoms with Gasteiger partial charge in [-0.05, 0) is 60.1 Å². The van der Waals surface area contributed by atoms with E-state index in [2.05, 4.69) is 29.6 Å². The number of carbonyl (C=O) groups is 4. The first-order valence-corrected chi connectivity index (χ1v) is 14.8. The molecule has 2 aromatic carbocycles. The molecule has 0 aliphatic heterocycles. The van der Waals surface area contributed by atoms with Crippen molar-refractivity contribution in [3.05, 3.63) is 70.8 Å². The molecule has 0 N–H and O–H groups in total. The van der Waals surface area contributed by atoms with E-state index in [0.717, 1.165) is 49.7 Å². The minimum atomic E-state index is -1.10. The van der Waals surface area contributed by atoms with Gasteiger partial charge in [0.2, 0.25) is 0 Å². The van der Waals surface area contributed by atoms with Gasteiger partial charge >= 0.3 is 24.2 Å². The van der Waals surface area contributed by atoms with Crippen LogP contribution in [0.3, 0.4) is 0 Å². The lowest BCUT2D eigenvalue weighted by atomic mass is 10.0. The number of carbonyl (C=O) groups excluding carboxylic acids is 4. The molecule has 0 aromatic heterocycles. The van der Waals surface area contributed by atoms with Gasteiger partial charge in [0.1, 0.15) is 0 Å². The first-order chi connectivity index (χ1) is 21.2. The lowest BCUT2D eigenvalue weighted by Gasteiger charge is -2.07. The summed E-state index contributed by atoms with van der Waals surface area (Å²) in [5.74, 6) is -0.931. The van der Waals surface area contributed by atoms with Crippen molar-refractivity contribution in [2.24, 2.45) is 0 Å². The van der Waals surface area contributed by atoms with Crippen molar-refractivity contribution in [3.8, 4) is 0 Å². The van der Waals surface area contributed by atoms with Crippen LogP contribution < -0.4 is 0 Å². The van der Waals surface area contributed by atoms with Gasteiger partial charge in [0.05, 0.1) is 34.4 Å². The fourth-order valence-corrected chi connectivity index (χ4v) is 3.88. The molecule has 0 fully saturated rings. The van der Waals surface area contributed by atoms with E-state index >= 15 is 0 Å². The molecule has 0 radical (unpaired) electrons. The molecular weight excluding hydrogens is 576 g/mol. The van der Waals surface area contributed by atoms with Crippen LogP contribution in [0.25, 0.3) is 0 Å². The minimum Gasteiger partial charge on any atom is -0.432 e. The summed E-state index contributed by atoms with van der Waals surface area (Å²) in [6.45, 7) is 8.45. The molecule has 0 aliphatic rings. The summed E-state index contributed by atoms with van der Waals surface area (Å²) in [6.07, 6.45) is 4.75. The molecule has 2 rings (SSSR count). The molecule has 0 heterocycles. The second-order valence-corrected chi connectivity index (χ2v) is 10.6. The first kappa shape index (κ1) is 36.0. The molecule has 0 aliphatic carbocycles. The van der Waals surface area contributed by atoms with Crippen molar-refractivity contribution in [3.63, 3.8) is 0 Å². The van der Waals surface area contributed by atoms with Crippen LogP contribution in [-0.4, -0.2) is 37.5 Å². The van der Waals surface area contributed by atoms with Crippen molar-refractivity contribution in [1.82, 2.24) is 0 Å². The number of hydrogen-bond acceptors (Lipinski definition) is 12. The fourth-order valence-electron chi connectivity index (χ4n) is 3.88. The monoisotopic (exact) mass is 618 g/mol. The second kappa shape index (κ2) is 20.7. The third-order valence-electron chi connectivity index (χ3n) is 6.53. The summed E-state index contributed by atoms with van der Waals surface area (Å²) < 4.78 is 9.74. The fraction of sp³-hybridized carbons (Fsp3) is 0.500. The molecule has 0 bridgehead atoms. The highest BCUT2D eigenvalue weighted by Gasteiger charge is 2.14. The van der Waals surface area contributed by atoms with E-state index < -0.39 is 24.2 Å². The Bertz CT molecular complexity index is 1050. The SMILES string of the molecule is CC(C)c1ccc(C(=O)OOOC(=O)OCCCCCCCCCCOC(=O)OOOC(=O)c2ccc(C(C)C)cc2)cc1. The summed E-state index contributed by atoms with van der Waals surface area (Å²) in [5, 5.41) is 8.44. The molecule has 0 unspecified atom stereocenters. The molecule has 242 valence electrons. The topological polar surface area (TPSA) is 142 Å². The van der Waals surface area contributed by atoms with Crippen LogP contribution >= 0.6 is 0 Å². The van der Waals surface area contributed by atoms with Crippen molar-refractivity contribution in [2.75, 3.05) is 13.2 Å². The Kier molecular flexibility index (Phi) is 16.9. The Morgan fingerprint density at radius 3 is 1.11 bits per heavy atom. The number of benzene rings is 2. The van der Waals surface area contributed by atoms with Gasteiger partial charge in [-0.25, -0.2) is 29.0 Å². The highest BCUT2D eigenvalue weighted by molar-refractivity contribution is 5.89. The van der Waals surface area contributed by atoms with Crippen LogP contribution in [0.2, 0.25) is 0 Å². The van der Waals surface area contributed by atoms with Crippen molar-refractivity contribution < 1.29 is 58.3 Å². The van der Waals surface area contributed by atoms with Gasteiger partial charge in [-0.3, -0.25) is 9.78 Å². The lowest BCUT2D eigenvalue weighted by molar-refractivity contribution is -0.452. The maximum atomic E-state index is 11.9. The summed E-state index contributed by atoms with van der Waals surface area (Å²) in [4.78, 5) is 64.3. The van der Waals surface area contributed by atoms with Crippen LogP contribution in [-0.2, 0) is 39.1 Å². The quantitative estimate of drug-likeness (QED) is 0.0650. The summed E-state index contributed by atoms with van der Waals surface area (Å²) in [7, 11) is 0. The van der Waals surface area contributed by atoms with E-state index in [4.69, 9.17) is 9.47 Å². The van der Waals surface area contributed by atoms with E-state index in [1.165, 1.54) is 0 Å². The maximum Gasteiger partial charge on any atom is 0.543 e. The van der Waals surface area contributed by atoms with Crippen LogP contribution in [0.5, 0.6) is 0 Å². The maximum absolute atomic E-state index is 11.9. The van der Waals surface area contributed by atoms with E-state index in [9.17, 15) is 19.2 Å². The van der Waals surface area contributed by atoms with Gasteiger partial charge in [0, 0.05) is 0 Å². The van der Waals surface area contributed by atoms with Gasteiger partial charge in [-0.2, -0.15) is 0 Å². The molecule has 44 heavy (non-hydrogen) atoms. The van der Waals surface area contributed by atoms with Gasteiger partial charge < -0.3 is 9.47 Å². The Labute approximate surface area is 257 Å². The Morgan fingerprint density at radius 2 is 0.795 bits per heavy atom. The molecule has 2 aromatic rings. The van der Waals surface area contributed by atoms with E-state index in [0.29, 0.717) is 24.7 Å². The number of unbranched alkanes of at least 4 members (excludes halogenated alkanes) is 7. The normalized spacial score (nSPS) is 10.8. The van der Waals surface area contributed by atoms with Gasteiger partial charge in [0.25, 0.3) is 0 Å². The smallest absolute Gasteiger partial charge is 0.432 e. The van der Waals surface area contributed by atoms with Crippen molar-refractivity contribution >= 4 is 24.2 Å². The Balaban J connectivity index is 1.36. The molecule has 0 spiro atoms. The predicted molar refractivity (Wildman–Crippen MR) is 156 cm³/mol. The van der Waals surface area contributed by atoms with E-state index in [-0.39, 0.29) is 24.3 Å². The Morgan fingerprint density at radius 1 is 0.477 bits per heavy atom. The molecule has 12 nitrogen and oxygen atoms in total. The molecule has 0 amide bonds. The largest absolute Gasteiger partial charge is 0.543 e. The van der Waals surface area contributed by atoms with Gasteiger partial charge in [0.15, 0.2) is 0 Å². The standard InChI is InChI=1S/C32H42O12/c1-23(2)25-13-17-27(18-14-25)29(33)39-43-41-31(35)37-21-11-9-7-5-6-8-10-12-22-38-32(36)42-44-40-30(34)28-19-15-26(16-20-28)24(3)4/h13-20,23-24H,5-12,21-22H2,1-4H3. The zero-order valence-electron chi connectivity index (χ0n) is 25.7. The minimum absolute atomic E-state index is 0.147. The van der Waals surface area contributed by atoms with Gasteiger partial charge in [-0.1, -0.05) is 90.5 Å². The van der Waals surface area contributed by atoms with Crippen LogP contribution in [0.15, 0.2) is 48.5 Å². The summed E-state index contributed by atoms with van der Waals surface area (Å²) in [6, 6.07) is 13.6. The Hall–Kier alpha value is -4.16. The van der Waals surface area contributed by atoms with Crippen LogP contribution in [0, 0.1) is 0 Å². The number of rotatable bonds is 19. The first-order valence-electron chi connectivity index (χ1n) is 14.8. The average Bonchev–Trinajstić information content (AvgIpc) is 3.01. The van der Waals surface area contributed by atoms with Crippen molar-refractivity contribution in [1.29, 1.82) is 0 Å². The predicted octanol–water partition coefficient (Wildman–Crippen LogP) is 8.07. The second-order valence-electron chi connectivity index (χ2n) is 10.6. The van der Waals surface area contributed by atoms with E-state index in [1.54, 1.807) is 24.3 Å². The highest BCUT2D eigenvalue weighted by atomic mass is 17.5. The third-order valence-corrected chi connectivity index (χ3v) is 6.53. The molecule has 12 heteroatoms. The van der Waals surface area contributed by atoms with Crippen LogP contribution in [0.1, 0.15) is 123 Å². The molecule has 0 saturated heterocycles. The van der Waals surface area contributed by atoms with Gasteiger partial charge in [-0.15, -0.1) is 0 Å². The van der Waals surface area contributed by atoms with Crippen molar-refractivity contribution in [2.45, 2.75) is 90.9 Å². The average molecular weight is 619 g/mol. The lowest BCUT2D eigenvalue weighted by Crippen LogP contribution is -2.12. The zero-order valence-corrected chi connectivity index (χ0v) is 25.7. The molecule has 0 atom stereocenters. The molecular formula is C32H42O12. The third kappa shape index (κ3) is 14.8. The summed E-state index contributed by atoms with van der Waals surface area (Å²) >= 11 is 0.